The Labute approximate surface area is 189 Å². The third kappa shape index (κ3) is 4.03. The molecule has 166 valence electrons. The molecule has 0 radical (unpaired) electrons. The van der Waals surface area contributed by atoms with Crippen molar-refractivity contribution in [3.05, 3.63) is 88.0 Å². The summed E-state index contributed by atoms with van der Waals surface area (Å²) < 4.78 is 1.49. The van der Waals surface area contributed by atoms with Crippen LogP contribution in [-0.4, -0.2) is 44.3 Å². The van der Waals surface area contributed by atoms with Gasteiger partial charge in [-0.3, -0.25) is 19.1 Å². The number of rotatable bonds is 4. The van der Waals surface area contributed by atoms with Gasteiger partial charge in [0.2, 0.25) is 5.91 Å². The second kappa shape index (κ2) is 8.38. The summed E-state index contributed by atoms with van der Waals surface area (Å²) in [6.45, 7) is 1.17. The first-order valence-corrected chi connectivity index (χ1v) is 10.8. The second-order valence-electron chi connectivity index (χ2n) is 8.18. The largest absolute Gasteiger partial charge is 0.343 e. The highest BCUT2D eigenvalue weighted by atomic mass is 16.2. The van der Waals surface area contributed by atoms with E-state index in [2.05, 4.69) is 21.4 Å². The Morgan fingerprint density at radius 3 is 2.73 bits per heavy atom. The molecule has 8 heteroatoms. The Morgan fingerprint density at radius 2 is 1.88 bits per heavy atom. The average molecular weight is 441 g/mol. The number of nitrogens with one attached hydrogen (secondary N) is 2. The first kappa shape index (κ1) is 20.7. The summed E-state index contributed by atoms with van der Waals surface area (Å²) in [4.78, 5) is 46.0. The quantitative estimate of drug-likeness (QED) is 0.507. The third-order valence-electron chi connectivity index (χ3n) is 6.10. The van der Waals surface area contributed by atoms with Gasteiger partial charge in [0, 0.05) is 37.5 Å². The van der Waals surface area contributed by atoms with Gasteiger partial charge in [-0.25, -0.2) is 9.78 Å². The van der Waals surface area contributed by atoms with Crippen LogP contribution in [0.1, 0.15) is 21.5 Å². The van der Waals surface area contributed by atoms with Gasteiger partial charge in [0.15, 0.2) is 5.65 Å². The van der Waals surface area contributed by atoms with Crippen LogP contribution in [0.4, 0.5) is 0 Å². The summed E-state index contributed by atoms with van der Waals surface area (Å²) in [5, 5.41) is 2.74. The van der Waals surface area contributed by atoms with Gasteiger partial charge >= 0.3 is 5.69 Å². The van der Waals surface area contributed by atoms with E-state index in [-0.39, 0.29) is 24.0 Å². The first-order chi connectivity index (χ1) is 16.0. The topological polar surface area (TPSA) is 100 Å². The molecular weight excluding hydrogens is 418 g/mol. The van der Waals surface area contributed by atoms with Crippen molar-refractivity contribution in [1.29, 1.82) is 0 Å². The SMILES string of the molecule is Cn1c(=O)[nH]c2ncc(-c3cccc(C(=O)NCC(=O)N4CCc5ccccc5C4)c3)cc21. The Bertz CT molecular complexity index is 1440. The zero-order valence-corrected chi connectivity index (χ0v) is 18.2. The smallest absolute Gasteiger partial charge is 0.327 e. The number of amides is 2. The number of pyridine rings is 1. The van der Waals surface area contributed by atoms with E-state index in [1.165, 1.54) is 10.1 Å². The van der Waals surface area contributed by atoms with Gasteiger partial charge in [0.1, 0.15) is 0 Å². The lowest BCUT2D eigenvalue weighted by atomic mass is 10.00. The molecular formula is C25H23N5O3. The highest BCUT2D eigenvalue weighted by Crippen LogP contribution is 2.23. The number of nitrogens with zero attached hydrogens (tertiary/aromatic N) is 3. The monoisotopic (exact) mass is 441 g/mol. The summed E-state index contributed by atoms with van der Waals surface area (Å²) >= 11 is 0. The lowest BCUT2D eigenvalue weighted by Gasteiger charge is -2.29. The Balaban J connectivity index is 1.27. The highest BCUT2D eigenvalue weighted by molar-refractivity contribution is 5.97. The normalized spacial score (nSPS) is 13.1. The molecule has 2 amide bonds. The minimum atomic E-state index is -0.314. The van der Waals surface area contributed by atoms with Crippen LogP contribution in [-0.2, 0) is 24.8 Å². The van der Waals surface area contributed by atoms with Crippen molar-refractivity contribution < 1.29 is 9.59 Å². The third-order valence-corrected chi connectivity index (χ3v) is 6.10. The van der Waals surface area contributed by atoms with Crippen molar-refractivity contribution >= 4 is 23.0 Å². The predicted octanol–water partition coefficient (Wildman–Crippen LogP) is 2.24. The number of benzene rings is 2. The van der Waals surface area contributed by atoms with Gasteiger partial charge in [0.25, 0.3) is 5.91 Å². The Morgan fingerprint density at radius 1 is 1.06 bits per heavy atom. The number of carbonyl (C=O) groups excluding carboxylic acids is 2. The molecule has 0 bridgehead atoms. The molecule has 2 aromatic carbocycles. The van der Waals surface area contributed by atoms with Crippen LogP contribution in [0.3, 0.4) is 0 Å². The van der Waals surface area contributed by atoms with E-state index in [4.69, 9.17) is 0 Å². The number of carbonyl (C=O) groups is 2. The fourth-order valence-corrected chi connectivity index (χ4v) is 4.18. The number of aryl methyl sites for hydroxylation is 1. The zero-order valence-electron chi connectivity index (χ0n) is 18.2. The Hall–Kier alpha value is -4.20. The molecule has 4 aromatic rings. The first-order valence-electron chi connectivity index (χ1n) is 10.8. The van der Waals surface area contributed by atoms with Crippen LogP contribution in [0, 0.1) is 0 Å². The van der Waals surface area contributed by atoms with Crippen molar-refractivity contribution in [2.24, 2.45) is 7.05 Å². The van der Waals surface area contributed by atoms with E-state index in [1.807, 2.05) is 30.3 Å². The molecule has 0 unspecified atom stereocenters. The van der Waals surface area contributed by atoms with Gasteiger partial charge in [-0.05, 0) is 41.3 Å². The summed E-state index contributed by atoms with van der Waals surface area (Å²) in [6, 6.07) is 17.1. The maximum Gasteiger partial charge on any atom is 0.327 e. The number of imidazole rings is 1. The number of H-pyrrole nitrogens is 1. The van der Waals surface area contributed by atoms with Crippen LogP contribution in [0.15, 0.2) is 65.6 Å². The molecule has 0 saturated carbocycles. The molecule has 2 N–H and O–H groups in total. The van der Waals surface area contributed by atoms with Gasteiger partial charge in [-0.2, -0.15) is 0 Å². The lowest BCUT2D eigenvalue weighted by molar-refractivity contribution is -0.131. The molecule has 5 rings (SSSR count). The van der Waals surface area contributed by atoms with E-state index >= 15 is 0 Å². The van der Waals surface area contributed by atoms with Gasteiger partial charge < -0.3 is 10.2 Å². The summed E-state index contributed by atoms with van der Waals surface area (Å²) in [6.07, 6.45) is 2.48. The van der Waals surface area contributed by atoms with Crippen LogP contribution in [0.2, 0.25) is 0 Å². The van der Waals surface area contributed by atoms with Gasteiger partial charge in [-0.1, -0.05) is 36.4 Å². The minimum Gasteiger partial charge on any atom is -0.343 e. The summed E-state index contributed by atoms with van der Waals surface area (Å²) in [5.74, 6) is -0.414. The fraction of sp³-hybridized carbons (Fsp3) is 0.200. The minimum absolute atomic E-state index is 0.0514. The molecule has 0 saturated heterocycles. The molecule has 2 aromatic heterocycles. The maximum atomic E-state index is 12.7. The number of fused-ring (bicyclic) bond motifs is 2. The maximum absolute atomic E-state index is 12.7. The van der Waals surface area contributed by atoms with Gasteiger partial charge in [0.05, 0.1) is 12.1 Å². The van der Waals surface area contributed by atoms with Crippen molar-refractivity contribution in [3.63, 3.8) is 0 Å². The van der Waals surface area contributed by atoms with E-state index < -0.39 is 0 Å². The van der Waals surface area contributed by atoms with E-state index in [9.17, 15) is 14.4 Å². The molecule has 0 spiro atoms. The molecule has 8 nitrogen and oxygen atoms in total. The number of hydrogen-bond acceptors (Lipinski definition) is 4. The van der Waals surface area contributed by atoms with Crippen LogP contribution in [0.5, 0.6) is 0 Å². The second-order valence-corrected chi connectivity index (χ2v) is 8.18. The summed E-state index contributed by atoms with van der Waals surface area (Å²) in [7, 11) is 1.68. The molecule has 0 fully saturated rings. The number of hydrogen-bond donors (Lipinski definition) is 2. The Kier molecular flexibility index (Phi) is 5.26. The van der Waals surface area contributed by atoms with Crippen molar-refractivity contribution in [2.45, 2.75) is 13.0 Å². The molecule has 1 aliphatic rings. The van der Waals surface area contributed by atoms with E-state index in [1.54, 1.807) is 36.3 Å². The molecule has 1 aliphatic heterocycles. The van der Waals surface area contributed by atoms with Crippen LogP contribution in [0.25, 0.3) is 22.3 Å². The molecule has 3 heterocycles. The summed E-state index contributed by atoms with van der Waals surface area (Å²) in [5.41, 5.74) is 5.42. The van der Waals surface area contributed by atoms with Crippen molar-refractivity contribution in [3.8, 4) is 11.1 Å². The standard InChI is InChI=1S/C25H23N5O3/c1-29-21-12-20(13-26-23(21)28-25(29)33)17-7-4-8-18(11-17)24(32)27-14-22(31)30-10-9-16-5-2-3-6-19(16)15-30/h2-8,11-13H,9-10,14-15H2,1H3,(H,27,32)(H,26,28,33). The van der Waals surface area contributed by atoms with Gasteiger partial charge in [-0.15, -0.1) is 0 Å². The van der Waals surface area contributed by atoms with Crippen molar-refractivity contribution in [1.82, 2.24) is 24.8 Å². The highest BCUT2D eigenvalue weighted by Gasteiger charge is 2.21. The van der Waals surface area contributed by atoms with E-state index in [0.29, 0.717) is 29.8 Å². The average Bonchev–Trinajstić information content (AvgIpc) is 3.14. The van der Waals surface area contributed by atoms with Crippen molar-refractivity contribution in [2.75, 3.05) is 13.1 Å². The zero-order chi connectivity index (χ0) is 22.9. The molecule has 0 aliphatic carbocycles. The number of aromatic amines is 1. The van der Waals surface area contributed by atoms with E-state index in [0.717, 1.165) is 23.1 Å². The lowest BCUT2D eigenvalue weighted by Crippen LogP contribution is -2.42. The molecule has 33 heavy (non-hydrogen) atoms. The molecule has 0 atom stereocenters. The van der Waals surface area contributed by atoms with Crippen LogP contribution >= 0.6 is 0 Å². The fourth-order valence-electron chi connectivity index (χ4n) is 4.18. The number of aromatic nitrogens is 3. The van der Waals surface area contributed by atoms with Crippen LogP contribution < -0.4 is 11.0 Å². The predicted molar refractivity (Wildman–Crippen MR) is 125 cm³/mol.